The van der Waals surface area contributed by atoms with Crippen LogP contribution < -0.4 is 10.1 Å². The number of carbonyl (C=O) groups excluding carboxylic acids is 1. The number of pyridine rings is 1. The van der Waals surface area contributed by atoms with E-state index >= 15 is 0 Å². The van der Waals surface area contributed by atoms with Gasteiger partial charge in [-0.3, -0.25) is 9.78 Å². The van der Waals surface area contributed by atoms with Crippen molar-refractivity contribution >= 4 is 17.5 Å². The number of aliphatic hydroxyl groups is 4. The fourth-order valence-corrected chi connectivity index (χ4v) is 6.41. The first kappa shape index (κ1) is 36.2. The van der Waals surface area contributed by atoms with Gasteiger partial charge < -0.3 is 35.4 Å². The molecule has 2 saturated carbocycles. The molecule has 260 valence electrons. The number of hydrogen-bond donors (Lipinski definition) is 5. The van der Waals surface area contributed by atoms with E-state index in [0.717, 1.165) is 66.0 Å². The van der Waals surface area contributed by atoms with Crippen LogP contribution in [0.25, 0.3) is 11.1 Å². The normalized spacial score (nSPS) is 18.4. The number of nitrogens with one attached hydrogen (secondary N) is 1. The average molecular weight is 680 g/mol. The molecule has 9 nitrogen and oxygen atoms in total. The number of nitrogens with zero attached hydrogens (tertiary/aromatic N) is 2. The van der Waals surface area contributed by atoms with E-state index in [9.17, 15) is 25.2 Å². The number of para-hydroxylation sites is 1. The highest BCUT2D eigenvalue weighted by atomic mass is 35.5. The molecule has 1 aromatic heterocycles. The van der Waals surface area contributed by atoms with Gasteiger partial charge in [-0.15, -0.1) is 0 Å². The maximum atomic E-state index is 12.6. The van der Waals surface area contributed by atoms with E-state index in [1.54, 1.807) is 7.05 Å². The number of rotatable bonds is 18. The predicted octanol–water partition coefficient (Wildman–Crippen LogP) is 5.31. The van der Waals surface area contributed by atoms with Gasteiger partial charge in [0.05, 0.1) is 12.2 Å². The van der Waals surface area contributed by atoms with Crippen LogP contribution >= 0.6 is 11.6 Å². The molecular formula is C38H50ClN3O6. The molecule has 2 aliphatic rings. The number of likely N-dealkylation sites (N-methyl/N-ethyl adjacent to an activating group) is 1. The van der Waals surface area contributed by atoms with E-state index in [0.29, 0.717) is 25.5 Å². The van der Waals surface area contributed by atoms with Crippen LogP contribution in [0.4, 0.5) is 0 Å². The lowest BCUT2D eigenvalue weighted by molar-refractivity contribution is -0.136. The van der Waals surface area contributed by atoms with E-state index in [-0.39, 0.29) is 23.9 Å². The summed E-state index contributed by atoms with van der Waals surface area (Å²) < 4.78 is 6.26. The summed E-state index contributed by atoms with van der Waals surface area (Å²) in [6.45, 7) is 4.01. The van der Waals surface area contributed by atoms with Crippen molar-refractivity contribution in [1.82, 2.24) is 15.2 Å². The quantitative estimate of drug-likeness (QED) is 0.114. The molecule has 2 fully saturated rings. The highest BCUT2D eigenvalue weighted by Crippen LogP contribution is 2.50. The highest BCUT2D eigenvalue weighted by Gasteiger charge is 2.46. The van der Waals surface area contributed by atoms with Gasteiger partial charge in [-0.05, 0) is 91.8 Å². The summed E-state index contributed by atoms with van der Waals surface area (Å²) in [6.07, 6.45) is 5.57. The van der Waals surface area contributed by atoms with Crippen LogP contribution in [0.2, 0.25) is 5.02 Å². The zero-order chi connectivity index (χ0) is 34.4. The van der Waals surface area contributed by atoms with Crippen LogP contribution in [-0.2, 0) is 16.9 Å². The van der Waals surface area contributed by atoms with E-state index < -0.39 is 24.4 Å². The summed E-state index contributed by atoms with van der Waals surface area (Å²) in [6, 6.07) is 16.6. The Morgan fingerprint density at radius 2 is 1.79 bits per heavy atom. The van der Waals surface area contributed by atoms with E-state index in [2.05, 4.69) is 53.6 Å². The number of ether oxygens (including phenoxy) is 1. The van der Waals surface area contributed by atoms with Crippen molar-refractivity contribution in [3.8, 4) is 16.9 Å². The third-order valence-corrected chi connectivity index (χ3v) is 10.1. The molecule has 5 rings (SSSR count). The minimum atomic E-state index is -1.54. The van der Waals surface area contributed by atoms with Gasteiger partial charge in [0, 0.05) is 55.1 Å². The van der Waals surface area contributed by atoms with Crippen molar-refractivity contribution in [3.63, 3.8) is 0 Å². The molecule has 0 saturated heterocycles. The second kappa shape index (κ2) is 16.1. The van der Waals surface area contributed by atoms with Gasteiger partial charge in [0.25, 0.3) is 0 Å². The van der Waals surface area contributed by atoms with Gasteiger partial charge in [-0.2, -0.15) is 0 Å². The Kier molecular flexibility index (Phi) is 12.2. The topological polar surface area (TPSA) is 135 Å². The monoisotopic (exact) mass is 679 g/mol. The molecule has 5 N–H and O–H groups in total. The average Bonchev–Trinajstić information content (AvgIpc) is 4.03. The molecule has 0 spiro atoms. The molecule has 3 aromatic rings. The molecule has 2 aromatic carbocycles. The van der Waals surface area contributed by atoms with E-state index in [1.165, 1.54) is 23.0 Å². The number of carbonyl (C=O) groups is 1. The maximum absolute atomic E-state index is 12.6. The molecule has 1 heterocycles. The van der Waals surface area contributed by atoms with E-state index in [4.69, 9.17) is 16.3 Å². The Morgan fingerprint density at radius 1 is 1.04 bits per heavy atom. The fraction of sp³-hybridized carbons (Fsp3) is 0.526. The SMILES string of the molecule is C[C@@H](CCCCC(=O)N(C)C[C@H](O)[C@@H](O)[C@H](O)[C@@H](C)O)c1ccc(Cl)c(CNC2(c3cnccc3-c3ccccc3OC3CC3)CC2)c1. The van der Waals surface area contributed by atoms with Crippen LogP contribution in [0.1, 0.15) is 87.8 Å². The van der Waals surface area contributed by atoms with Crippen LogP contribution in [0.15, 0.2) is 60.9 Å². The number of unbranched alkanes of at least 4 members (excludes halogenated alkanes) is 1. The Hall–Kier alpha value is -3.05. The summed E-state index contributed by atoms with van der Waals surface area (Å²) in [5.41, 5.74) is 5.50. The van der Waals surface area contributed by atoms with Crippen molar-refractivity contribution in [2.45, 2.75) is 114 Å². The Morgan fingerprint density at radius 3 is 2.50 bits per heavy atom. The number of aliphatic hydroxyl groups excluding tert-OH is 4. The summed E-state index contributed by atoms with van der Waals surface area (Å²) in [7, 11) is 1.56. The van der Waals surface area contributed by atoms with Crippen molar-refractivity contribution in [2.24, 2.45) is 0 Å². The summed E-state index contributed by atoms with van der Waals surface area (Å²) in [4.78, 5) is 18.5. The number of halogens is 1. The van der Waals surface area contributed by atoms with Crippen molar-refractivity contribution in [1.29, 1.82) is 0 Å². The van der Waals surface area contributed by atoms with Crippen molar-refractivity contribution in [3.05, 3.63) is 82.6 Å². The van der Waals surface area contributed by atoms with Gasteiger partial charge in [0.1, 0.15) is 24.1 Å². The first-order valence-corrected chi connectivity index (χ1v) is 17.6. The lowest BCUT2D eigenvalue weighted by Crippen LogP contribution is -2.48. The van der Waals surface area contributed by atoms with Gasteiger partial charge in [-0.1, -0.05) is 55.3 Å². The van der Waals surface area contributed by atoms with Crippen LogP contribution in [0.5, 0.6) is 5.75 Å². The van der Waals surface area contributed by atoms with Gasteiger partial charge >= 0.3 is 0 Å². The smallest absolute Gasteiger partial charge is 0.222 e. The standard InChI is InChI=1S/C38H50ClN3O6/c1-24(8-4-7-11-35(45)42(3)23-33(44)37(47)36(46)25(2)43)26-12-15-32(39)27(20-26)21-41-38(17-18-38)31-22-40-19-16-29(31)30-9-5-6-10-34(30)48-28-13-14-28/h5-6,9-10,12,15-16,19-20,22,24-25,28,33,36-37,41,43-44,46-47H,4,7-8,11,13-14,17-18,21,23H2,1-3H3/t24-,25+,33-,36+,37+/m0/s1. The minimum Gasteiger partial charge on any atom is -0.490 e. The van der Waals surface area contributed by atoms with Crippen LogP contribution in [0, 0.1) is 0 Å². The minimum absolute atomic E-state index is 0.132. The van der Waals surface area contributed by atoms with Gasteiger partial charge in [0.2, 0.25) is 5.91 Å². The Balaban J connectivity index is 1.14. The van der Waals surface area contributed by atoms with Crippen LogP contribution in [0.3, 0.4) is 0 Å². The van der Waals surface area contributed by atoms with Gasteiger partial charge in [-0.25, -0.2) is 0 Å². The van der Waals surface area contributed by atoms with Crippen molar-refractivity contribution in [2.75, 3.05) is 13.6 Å². The van der Waals surface area contributed by atoms with Crippen LogP contribution in [-0.4, -0.2) is 80.3 Å². The Bertz CT molecular complexity index is 1530. The molecule has 0 bridgehead atoms. The molecule has 48 heavy (non-hydrogen) atoms. The second-order valence-electron chi connectivity index (χ2n) is 13.7. The first-order chi connectivity index (χ1) is 23.0. The second-order valence-corrected chi connectivity index (χ2v) is 14.1. The molecule has 1 amide bonds. The fourth-order valence-electron chi connectivity index (χ4n) is 6.22. The third kappa shape index (κ3) is 9.14. The number of benzene rings is 2. The molecule has 10 heteroatoms. The third-order valence-electron chi connectivity index (χ3n) is 9.74. The summed E-state index contributed by atoms with van der Waals surface area (Å²) >= 11 is 6.71. The van der Waals surface area contributed by atoms with Crippen molar-refractivity contribution < 1.29 is 30.0 Å². The zero-order valence-electron chi connectivity index (χ0n) is 28.2. The number of amides is 1. The molecule has 0 aliphatic heterocycles. The lowest BCUT2D eigenvalue weighted by Gasteiger charge is -2.28. The Labute approximate surface area is 288 Å². The summed E-state index contributed by atoms with van der Waals surface area (Å²) in [5, 5.41) is 44.0. The largest absolute Gasteiger partial charge is 0.490 e. The van der Waals surface area contributed by atoms with E-state index in [1.807, 2.05) is 24.5 Å². The number of hydrogen-bond acceptors (Lipinski definition) is 8. The van der Waals surface area contributed by atoms with Gasteiger partial charge in [0.15, 0.2) is 0 Å². The predicted molar refractivity (Wildman–Crippen MR) is 187 cm³/mol. The first-order valence-electron chi connectivity index (χ1n) is 17.2. The summed E-state index contributed by atoms with van der Waals surface area (Å²) in [5.74, 6) is 1.05. The highest BCUT2D eigenvalue weighted by molar-refractivity contribution is 6.31. The lowest BCUT2D eigenvalue weighted by atomic mass is 9.93. The molecular weight excluding hydrogens is 630 g/mol. The molecule has 2 aliphatic carbocycles. The molecule has 0 radical (unpaired) electrons. The molecule has 5 atom stereocenters. The maximum Gasteiger partial charge on any atom is 0.222 e. The number of aromatic nitrogens is 1. The molecule has 0 unspecified atom stereocenters. The zero-order valence-corrected chi connectivity index (χ0v) is 28.9.